The van der Waals surface area contributed by atoms with Crippen molar-refractivity contribution in [2.75, 3.05) is 20.3 Å². The second-order valence-electron chi connectivity index (χ2n) is 4.25. The molecule has 5 heteroatoms. The van der Waals surface area contributed by atoms with Gasteiger partial charge < -0.3 is 10.1 Å². The molecule has 0 aliphatic heterocycles. The topological polar surface area (TPSA) is 21.3 Å². The van der Waals surface area contributed by atoms with E-state index >= 15 is 0 Å². The van der Waals surface area contributed by atoms with E-state index < -0.39 is 12.8 Å². The maximum Gasteiger partial charge on any atom is 0.411 e. The number of halogens is 3. The van der Waals surface area contributed by atoms with Crippen molar-refractivity contribution in [1.29, 1.82) is 0 Å². The summed E-state index contributed by atoms with van der Waals surface area (Å²) < 4.78 is 40.2. The van der Waals surface area contributed by atoms with Gasteiger partial charge in [0.1, 0.15) is 6.61 Å². The van der Waals surface area contributed by atoms with Gasteiger partial charge in [0.15, 0.2) is 0 Å². The van der Waals surface area contributed by atoms with Gasteiger partial charge in [-0.15, -0.1) is 0 Å². The molecule has 0 radical (unpaired) electrons. The van der Waals surface area contributed by atoms with E-state index in [1.807, 2.05) is 0 Å². The molecule has 0 aliphatic carbocycles. The first-order valence-electron chi connectivity index (χ1n) is 5.70. The Morgan fingerprint density at radius 2 is 1.94 bits per heavy atom. The van der Waals surface area contributed by atoms with Crippen LogP contribution >= 0.6 is 0 Å². The van der Waals surface area contributed by atoms with Crippen LogP contribution < -0.4 is 5.32 Å². The monoisotopic (exact) mass is 241 g/mol. The third-order valence-corrected chi connectivity index (χ3v) is 2.46. The summed E-state index contributed by atoms with van der Waals surface area (Å²) in [6.45, 7) is 3.17. The molecule has 0 fully saturated rings. The molecule has 0 heterocycles. The lowest BCUT2D eigenvalue weighted by molar-refractivity contribution is -0.175. The van der Waals surface area contributed by atoms with Gasteiger partial charge in [0, 0.05) is 6.04 Å². The molecule has 0 amide bonds. The number of likely N-dealkylation sites (N-methyl/N-ethyl adjacent to an activating group) is 1. The average molecular weight is 241 g/mol. The molecule has 0 rings (SSSR count). The molecule has 0 aliphatic rings. The first-order chi connectivity index (χ1) is 7.39. The molecular weight excluding hydrogens is 219 g/mol. The number of ether oxygens (including phenoxy) is 1. The lowest BCUT2D eigenvalue weighted by atomic mass is 9.98. The predicted molar refractivity (Wildman–Crippen MR) is 58.4 cm³/mol. The van der Waals surface area contributed by atoms with Gasteiger partial charge in [-0.25, -0.2) is 0 Å². The van der Waals surface area contributed by atoms with Gasteiger partial charge in [-0.1, -0.05) is 26.7 Å². The molecular formula is C11H22F3NO. The maximum atomic E-state index is 11.8. The van der Waals surface area contributed by atoms with Crippen LogP contribution in [0, 0.1) is 5.92 Å². The molecule has 0 bridgehead atoms. The van der Waals surface area contributed by atoms with Crippen LogP contribution in [0.15, 0.2) is 0 Å². The fourth-order valence-electron chi connectivity index (χ4n) is 1.68. The van der Waals surface area contributed by atoms with Gasteiger partial charge in [-0.05, 0) is 19.4 Å². The molecule has 0 aromatic rings. The number of alkyl halides is 3. The Morgan fingerprint density at radius 1 is 1.31 bits per heavy atom. The summed E-state index contributed by atoms with van der Waals surface area (Å²) in [5, 5.41) is 2.99. The van der Waals surface area contributed by atoms with Gasteiger partial charge in [-0.2, -0.15) is 13.2 Å². The quantitative estimate of drug-likeness (QED) is 0.705. The minimum atomic E-state index is -4.23. The van der Waals surface area contributed by atoms with Crippen molar-refractivity contribution in [3.8, 4) is 0 Å². The third-order valence-electron chi connectivity index (χ3n) is 2.46. The highest BCUT2D eigenvalue weighted by Crippen LogP contribution is 2.16. The third kappa shape index (κ3) is 8.97. The smallest absolute Gasteiger partial charge is 0.370 e. The van der Waals surface area contributed by atoms with Crippen LogP contribution in [-0.2, 0) is 4.74 Å². The number of hydrogen-bond donors (Lipinski definition) is 1. The summed E-state index contributed by atoms with van der Waals surface area (Å²) in [6.07, 6.45) is -1.19. The van der Waals surface area contributed by atoms with Crippen LogP contribution in [0.1, 0.15) is 33.1 Å². The molecule has 0 aromatic heterocycles. The van der Waals surface area contributed by atoms with E-state index in [9.17, 15) is 13.2 Å². The second kappa shape index (κ2) is 7.90. The van der Waals surface area contributed by atoms with E-state index in [4.69, 9.17) is 0 Å². The van der Waals surface area contributed by atoms with E-state index in [1.54, 1.807) is 7.05 Å². The van der Waals surface area contributed by atoms with Gasteiger partial charge in [0.05, 0.1) is 6.61 Å². The summed E-state index contributed by atoms with van der Waals surface area (Å²) in [4.78, 5) is 0. The summed E-state index contributed by atoms with van der Waals surface area (Å²) in [5.74, 6) is 0.511. The molecule has 2 nitrogen and oxygen atoms in total. The van der Waals surface area contributed by atoms with Crippen LogP contribution in [0.4, 0.5) is 13.2 Å². The molecule has 0 spiro atoms. The molecule has 2 unspecified atom stereocenters. The van der Waals surface area contributed by atoms with Crippen molar-refractivity contribution >= 4 is 0 Å². The van der Waals surface area contributed by atoms with Crippen molar-refractivity contribution in [3.05, 3.63) is 0 Å². The van der Waals surface area contributed by atoms with Crippen molar-refractivity contribution in [2.45, 2.75) is 45.3 Å². The lowest BCUT2D eigenvalue weighted by Crippen LogP contribution is -2.33. The standard InChI is InChI=1S/C11H22F3NO/c1-4-5-9(2)6-10(15-3)7-16-8-11(12,13)14/h9-10,15H,4-8H2,1-3H3. The minimum Gasteiger partial charge on any atom is -0.370 e. The highest BCUT2D eigenvalue weighted by atomic mass is 19.4. The van der Waals surface area contributed by atoms with E-state index in [1.165, 1.54) is 0 Å². The van der Waals surface area contributed by atoms with Gasteiger partial charge in [0.2, 0.25) is 0 Å². The Bertz CT molecular complexity index is 173. The highest BCUT2D eigenvalue weighted by Gasteiger charge is 2.27. The van der Waals surface area contributed by atoms with Gasteiger partial charge in [-0.3, -0.25) is 0 Å². The molecule has 0 saturated heterocycles. The number of nitrogens with one attached hydrogen (secondary N) is 1. The van der Waals surface area contributed by atoms with Crippen LogP contribution in [0.25, 0.3) is 0 Å². The van der Waals surface area contributed by atoms with Crippen LogP contribution in [0.3, 0.4) is 0 Å². The Kier molecular flexibility index (Phi) is 7.76. The Morgan fingerprint density at radius 3 is 2.38 bits per heavy atom. The van der Waals surface area contributed by atoms with E-state index in [2.05, 4.69) is 23.9 Å². The average Bonchev–Trinajstić information content (AvgIpc) is 2.14. The van der Waals surface area contributed by atoms with Gasteiger partial charge >= 0.3 is 6.18 Å². The molecule has 2 atom stereocenters. The first kappa shape index (κ1) is 15.7. The first-order valence-corrected chi connectivity index (χ1v) is 5.70. The summed E-state index contributed by atoms with van der Waals surface area (Å²) in [7, 11) is 1.75. The SMILES string of the molecule is CCCC(C)CC(COCC(F)(F)F)NC. The van der Waals surface area contributed by atoms with Crippen molar-refractivity contribution < 1.29 is 17.9 Å². The second-order valence-corrected chi connectivity index (χ2v) is 4.25. The fraction of sp³-hybridized carbons (Fsp3) is 1.00. The molecule has 0 aromatic carbocycles. The van der Waals surface area contributed by atoms with Crippen LogP contribution in [-0.4, -0.2) is 32.5 Å². The zero-order chi connectivity index (χ0) is 12.6. The molecule has 1 N–H and O–H groups in total. The van der Waals surface area contributed by atoms with E-state index in [-0.39, 0.29) is 12.6 Å². The normalized spacial score (nSPS) is 16.1. The Labute approximate surface area is 95.5 Å². The highest BCUT2D eigenvalue weighted by molar-refractivity contribution is 4.68. The van der Waals surface area contributed by atoms with Crippen molar-refractivity contribution in [3.63, 3.8) is 0 Å². The van der Waals surface area contributed by atoms with E-state index in [0.29, 0.717) is 5.92 Å². The van der Waals surface area contributed by atoms with Crippen LogP contribution in [0.5, 0.6) is 0 Å². The lowest BCUT2D eigenvalue weighted by Gasteiger charge is -2.20. The van der Waals surface area contributed by atoms with Crippen molar-refractivity contribution in [2.24, 2.45) is 5.92 Å². The zero-order valence-corrected chi connectivity index (χ0v) is 10.2. The summed E-state index contributed by atoms with van der Waals surface area (Å²) in [5.41, 5.74) is 0. The molecule has 0 saturated carbocycles. The fourth-order valence-corrected chi connectivity index (χ4v) is 1.68. The Hall–Kier alpha value is -0.290. The Balaban J connectivity index is 3.75. The molecule has 16 heavy (non-hydrogen) atoms. The molecule has 98 valence electrons. The summed E-state index contributed by atoms with van der Waals surface area (Å²) in [6, 6.07) is 0.00361. The zero-order valence-electron chi connectivity index (χ0n) is 10.2. The number of rotatable bonds is 8. The van der Waals surface area contributed by atoms with Crippen LogP contribution in [0.2, 0.25) is 0 Å². The predicted octanol–water partition coefficient (Wildman–Crippen LogP) is 2.98. The van der Waals surface area contributed by atoms with E-state index in [0.717, 1.165) is 19.3 Å². The van der Waals surface area contributed by atoms with Gasteiger partial charge in [0.25, 0.3) is 0 Å². The maximum absolute atomic E-state index is 11.8. The number of hydrogen-bond acceptors (Lipinski definition) is 2. The van der Waals surface area contributed by atoms with Crippen molar-refractivity contribution in [1.82, 2.24) is 5.32 Å². The largest absolute Gasteiger partial charge is 0.411 e. The summed E-state index contributed by atoms with van der Waals surface area (Å²) >= 11 is 0. The minimum absolute atomic E-state index is 0.00361.